The second-order valence-corrected chi connectivity index (χ2v) is 7.28. The van der Waals surface area contributed by atoms with Gasteiger partial charge in [-0.25, -0.2) is 8.42 Å². The van der Waals surface area contributed by atoms with E-state index in [9.17, 15) is 8.42 Å². The molecule has 0 radical (unpaired) electrons. The van der Waals surface area contributed by atoms with E-state index in [1.807, 2.05) is 13.0 Å². The largest absolute Gasteiger partial charge is 0.489 e. The highest BCUT2D eigenvalue weighted by molar-refractivity contribution is 7.89. The summed E-state index contributed by atoms with van der Waals surface area (Å²) in [6.45, 7) is 4.15. The second kappa shape index (κ2) is 6.22. The van der Waals surface area contributed by atoms with Crippen LogP contribution in [0.25, 0.3) is 0 Å². The van der Waals surface area contributed by atoms with E-state index >= 15 is 0 Å². The molecule has 5 nitrogen and oxygen atoms in total. The van der Waals surface area contributed by atoms with Crippen LogP contribution in [0.2, 0.25) is 5.02 Å². The van der Waals surface area contributed by atoms with Crippen molar-refractivity contribution in [1.82, 2.24) is 4.31 Å². The zero-order valence-electron chi connectivity index (χ0n) is 12.0. The fraction of sp³-hybridized carbons (Fsp3) is 0.500. The van der Waals surface area contributed by atoms with Gasteiger partial charge in [-0.1, -0.05) is 18.5 Å². The smallest absolute Gasteiger partial charge is 0.243 e. The molecule has 0 spiro atoms. The fourth-order valence-electron chi connectivity index (χ4n) is 2.38. The third kappa shape index (κ3) is 3.15. The molecular weight excluding hydrogens is 312 g/mol. The summed E-state index contributed by atoms with van der Waals surface area (Å²) in [5, 5.41) is 8.95. The Bertz CT molecular complexity index is 682. The van der Waals surface area contributed by atoms with E-state index in [0.29, 0.717) is 23.7 Å². The fourth-order valence-corrected chi connectivity index (χ4v) is 4.26. The average Bonchev–Trinajstić information content (AvgIpc) is 2.80. The van der Waals surface area contributed by atoms with Crippen molar-refractivity contribution in [2.24, 2.45) is 0 Å². The number of nitrogens with zero attached hydrogens (tertiary/aromatic N) is 2. The van der Waals surface area contributed by atoms with Gasteiger partial charge in [0.15, 0.2) is 0 Å². The number of nitriles is 1. The van der Waals surface area contributed by atoms with E-state index in [0.717, 1.165) is 5.56 Å². The standard InChI is InChI=1S/C14H17ClN2O3S/c1-3-17(6-4-5-16)21(18,19)12-8-11-7-10(2)20-14(11)13(15)9-12/h8-10H,3-4,6-7H2,1-2H3. The molecule has 1 heterocycles. The van der Waals surface area contributed by atoms with Crippen molar-refractivity contribution < 1.29 is 13.2 Å². The maximum absolute atomic E-state index is 12.6. The summed E-state index contributed by atoms with van der Waals surface area (Å²) in [7, 11) is -3.64. The molecule has 1 atom stereocenters. The molecule has 0 aromatic heterocycles. The lowest BCUT2D eigenvalue weighted by Gasteiger charge is -2.19. The molecule has 0 amide bonds. The third-order valence-corrected chi connectivity index (χ3v) is 5.62. The Balaban J connectivity index is 2.40. The number of hydrogen-bond acceptors (Lipinski definition) is 4. The molecule has 0 bridgehead atoms. The van der Waals surface area contributed by atoms with Gasteiger partial charge in [0.25, 0.3) is 0 Å². The highest BCUT2D eigenvalue weighted by Crippen LogP contribution is 2.38. The zero-order valence-corrected chi connectivity index (χ0v) is 13.5. The summed E-state index contributed by atoms with van der Waals surface area (Å²) in [5.41, 5.74) is 0.810. The molecule has 1 aromatic rings. The molecule has 2 rings (SSSR count). The average molecular weight is 329 g/mol. The number of halogens is 1. The SMILES string of the molecule is CCN(CCC#N)S(=O)(=O)c1cc(Cl)c2c(c1)CC(C)O2. The first-order valence-electron chi connectivity index (χ1n) is 6.76. The van der Waals surface area contributed by atoms with Gasteiger partial charge in [0.2, 0.25) is 10.0 Å². The van der Waals surface area contributed by atoms with Crippen molar-refractivity contribution in [2.75, 3.05) is 13.1 Å². The molecular formula is C14H17ClN2O3S. The number of fused-ring (bicyclic) bond motifs is 1. The summed E-state index contributed by atoms with van der Waals surface area (Å²) in [4.78, 5) is 0.156. The van der Waals surface area contributed by atoms with E-state index < -0.39 is 10.0 Å². The molecule has 0 saturated heterocycles. The van der Waals surface area contributed by atoms with Crippen molar-refractivity contribution >= 4 is 21.6 Å². The molecule has 0 saturated carbocycles. The molecule has 1 aliphatic heterocycles. The van der Waals surface area contributed by atoms with Crippen LogP contribution >= 0.6 is 11.6 Å². The maximum atomic E-state index is 12.6. The minimum absolute atomic E-state index is 0.00341. The number of hydrogen-bond donors (Lipinski definition) is 0. The quantitative estimate of drug-likeness (QED) is 0.833. The van der Waals surface area contributed by atoms with Gasteiger partial charge in [-0.05, 0) is 19.1 Å². The van der Waals surface area contributed by atoms with Crippen LogP contribution in [-0.2, 0) is 16.4 Å². The van der Waals surface area contributed by atoms with Gasteiger partial charge in [-0.15, -0.1) is 0 Å². The van der Waals surface area contributed by atoms with Gasteiger partial charge in [0, 0.05) is 31.5 Å². The Labute approximate surface area is 130 Å². The first-order chi connectivity index (χ1) is 9.90. The van der Waals surface area contributed by atoms with E-state index in [1.165, 1.54) is 10.4 Å². The lowest BCUT2D eigenvalue weighted by molar-refractivity contribution is 0.255. The van der Waals surface area contributed by atoms with Gasteiger partial charge in [-0.3, -0.25) is 0 Å². The first kappa shape index (κ1) is 16.1. The number of benzene rings is 1. The van der Waals surface area contributed by atoms with E-state index in [2.05, 4.69) is 0 Å². The van der Waals surface area contributed by atoms with Crippen molar-refractivity contribution in [3.05, 3.63) is 22.7 Å². The normalized spacial score (nSPS) is 17.4. The van der Waals surface area contributed by atoms with E-state index in [1.54, 1.807) is 13.0 Å². The Morgan fingerprint density at radius 1 is 1.52 bits per heavy atom. The highest BCUT2D eigenvalue weighted by atomic mass is 35.5. The topological polar surface area (TPSA) is 70.4 Å². The number of sulfonamides is 1. The van der Waals surface area contributed by atoms with Gasteiger partial charge in [-0.2, -0.15) is 9.57 Å². The Kier molecular flexibility index (Phi) is 4.77. The summed E-state index contributed by atoms with van der Waals surface area (Å²) in [6.07, 6.45) is 0.797. The predicted octanol–water partition coefficient (Wildman–Crippen LogP) is 2.59. The molecule has 1 aliphatic rings. The highest BCUT2D eigenvalue weighted by Gasteiger charge is 2.28. The molecule has 0 aliphatic carbocycles. The summed E-state index contributed by atoms with van der Waals surface area (Å²) >= 11 is 6.14. The van der Waals surface area contributed by atoms with Crippen molar-refractivity contribution in [3.8, 4) is 11.8 Å². The number of ether oxygens (including phenoxy) is 1. The predicted molar refractivity (Wildman–Crippen MR) is 79.9 cm³/mol. The van der Waals surface area contributed by atoms with Crippen LogP contribution in [-0.4, -0.2) is 31.9 Å². The lowest BCUT2D eigenvalue weighted by atomic mass is 10.1. The van der Waals surface area contributed by atoms with Crippen LogP contribution in [0.5, 0.6) is 5.75 Å². The van der Waals surface area contributed by atoms with Gasteiger partial charge in [0.05, 0.1) is 16.0 Å². The molecule has 1 aromatic carbocycles. The molecule has 0 fully saturated rings. The minimum atomic E-state index is -3.64. The van der Waals surface area contributed by atoms with Crippen LogP contribution in [0, 0.1) is 11.3 Å². The zero-order chi connectivity index (χ0) is 15.6. The van der Waals surface area contributed by atoms with Crippen molar-refractivity contribution in [3.63, 3.8) is 0 Å². The molecule has 1 unspecified atom stereocenters. The molecule has 7 heteroatoms. The van der Waals surface area contributed by atoms with Gasteiger partial charge >= 0.3 is 0 Å². The number of rotatable bonds is 5. The van der Waals surface area contributed by atoms with Crippen molar-refractivity contribution in [2.45, 2.75) is 37.7 Å². The Morgan fingerprint density at radius 2 is 2.24 bits per heavy atom. The van der Waals surface area contributed by atoms with Crippen LogP contribution in [0.1, 0.15) is 25.8 Å². The third-order valence-electron chi connectivity index (χ3n) is 3.38. The second-order valence-electron chi connectivity index (χ2n) is 4.93. The Morgan fingerprint density at radius 3 is 2.86 bits per heavy atom. The molecule has 0 N–H and O–H groups in total. The van der Waals surface area contributed by atoms with Crippen LogP contribution in [0.3, 0.4) is 0 Å². The monoisotopic (exact) mass is 328 g/mol. The van der Waals surface area contributed by atoms with Crippen LogP contribution < -0.4 is 4.74 Å². The van der Waals surface area contributed by atoms with Gasteiger partial charge in [0.1, 0.15) is 11.9 Å². The van der Waals surface area contributed by atoms with E-state index in [4.69, 9.17) is 21.6 Å². The molecule has 21 heavy (non-hydrogen) atoms. The summed E-state index contributed by atoms with van der Waals surface area (Å²) in [5.74, 6) is 0.572. The Hall–Kier alpha value is -1.29. The minimum Gasteiger partial charge on any atom is -0.489 e. The first-order valence-corrected chi connectivity index (χ1v) is 8.58. The van der Waals surface area contributed by atoms with Crippen molar-refractivity contribution in [1.29, 1.82) is 5.26 Å². The van der Waals surface area contributed by atoms with E-state index in [-0.39, 0.29) is 24.0 Å². The van der Waals surface area contributed by atoms with Crippen LogP contribution in [0.15, 0.2) is 17.0 Å². The van der Waals surface area contributed by atoms with Crippen LogP contribution in [0.4, 0.5) is 0 Å². The molecule has 114 valence electrons. The van der Waals surface area contributed by atoms with Gasteiger partial charge < -0.3 is 4.74 Å². The summed E-state index contributed by atoms with van der Waals surface area (Å²) < 4.78 is 32.1. The summed E-state index contributed by atoms with van der Waals surface area (Å²) in [6, 6.07) is 5.00. The maximum Gasteiger partial charge on any atom is 0.243 e. The lowest BCUT2D eigenvalue weighted by Crippen LogP contribution is -2.31.